The molecule has 2 atom stereocenters. The lowest BCUT2D eigenvalue weighted by Crippen LogP contribution is -2.42. The predicted molar refractivity (Wildman–Crippen MR) is 67.9 cm³/mol. The second kappa shape index (κ2) is 6.81. The molecule has 0 bridgehead atoms. The van der Waals surface area contributed by atoms with E-state index in [9.17, 15) is 8.42 Å². The highest BCUT2D eigenvalue weighted by atomic mass is 32.2. The number of ether oxygens (including phenoxy) is 2. The van der Waals surface area contributed by atoms with Gasteiger partial charge >= 0.3 is 0 Å². The highest BCUT2D eigenvalue weighted by Gasteiger charge is 2.23. The van der Waals surface area contributed by atoms with Crippen LogP contribution in [0.3, 0.4) is 0 Å². The van der Waals surface area contributed by atoms with Gasteiger partial charge in [-0.2, -0.15) is 0 Å². The molecule has 2 rings (SSSR count). The molecule has 0 aliphatic carbocycles. The molecular weight excluding hydrogens is 256 g/mol. The molecule has 0 radical (unpaired) electrons. The molecular formula is C11H22N2O4S. The predicted octanol–water partition coefficient (Wildman–Crippen LogP) is -0.679. The molecule has 106 valence electrons. The fourth-order valence-electron chi connectivity index (χ4n) is 2.31. The van der Waals surface area contributed by atoms with Gasteiger partial charge in [0.05, 0.1) is 31.7 Å². The summed E-state index contributed by atoms with van der Waals surface area (Å²) < 4.78 is 37.1. The largest absolute Gasteiger partial charge is 0.376 e. The quantitative estimate of drug-likeness (QED) is 0.697. The fraction of sp³-hybridized carbons (Fsp3) is 1.00. The second-order valence-corrected chi connectivity index (χ2v) is 6.76. The average molecular weight is 278 g/mol. The molecule has 0 amide bonds. The molecule has 2 fully saturated rings. The third-order valence-electron chi connectivity index (χ3n) is 3.27. The minimum atomic E-state index is -3.21. The van der Waals surface area contributed by atoms with E-state index in [2.05, 4.69) is 10.0 Å². The number of hydrogen-bond donors (Lipinski definition) is 2. The number of piperidine rings is 1. The lowest BCUT2D eigenvalue weighted by atomic mass is 10.0. The Labute approximate surface area is 108 Å². The Hall–Kier alpha value is -0.210. The van der Waals surface area contributed by atoms with E-state index in [1.165, 1.54) is 0 Å². The Morgan fingerprint density at radius 2 is 2.22 bits per heavy atom. The molecule has 2 saturated heterocycles. The van der Waals surface area contributed by atoms with Crippen LogP contribution in [0, 0.1) is 5.92 Å². The Bertz CT molecular complexity index is 335. The van der Waals surface area contributed by atoms with E-state index in [4.69, 9.17) is 9.47 Å². The second-order valence-electron chi connectivity index (χ2n) is 4.91. The highest BCUT2D eigenvalue weighted by Crippen LogP contribution is 2.12. The van der Waals surface area contributed by atoms with Crippen molar-refractivity contribution in [2.24, 2.45) is 5.92 Å². The summed E-state index contributed by atoms with van der Waals surface area (Å²) in [5.74, 6) is 0.424. The van der Waals surface area contributed by atoms with Gasteiger partial charge in [0.15, 0.2) is 0 Å². The molecule has 2 aliphatic heterocycles. The maximum absolute atomic E-state index is 11.9. The molecule has 0 aromatic rings. The Morgan fingerprint density at radius 1 is 1.33 bits per heavy atom. The SMILES string of the molecule is O=S(=O)(CC1CCCNC1)NCC1COCCO1. The summed E-state index contributed by atoms with van der Waals surface area (Å²) in [7, 11) is -3.21. The number of rotatable bonds is 5. The minimum Gasteiger partial charge on any atom is -0.376 e. The zero-order valence-electron chi connectivity index (χ0n) is 10.6. The third kappa shape index (κ3) is 4.81. The van der Waals surface area contributed by atoms with E-state index in [-0.39, 0.29) is 17.8 Å². The summed E-state index contributed by atoms with van der Waals surface area (Å²) in [6, 6.07) is 0. The van der Waals surface area contributed by atoms with Crippen molar-refractivity contribution in [3.05, 3.63) is 0 Å². The van der Waals surface area contributed by atoms with Crippen LogP contribution in [0.2, 0.25) is 0 Å². The maximum atomic E-state index is 11.9. The summed E-state index contributed by atoms with van der Waals surface area (Å²) in [4.78, 5) is 0. The van der Waals surface area contributed by atoms with Crippen molar-refractivity contribution in [1.29, 1.82) is 0 Å². The monoisotopic (exact) mass is 278 g/mol. The summed E-state index contributed by atoms with van der Waals surface area (Å²) >= 11 is 0. The van der Waals surface area contributed by atoms with E-state index in [1.807, 2.05) is 0 Å². The average Bonchev–Trinajstić information content (AvgIpc) is 2.38. The summed E-state index contributed by atoms with van der Waals surface area (Å²) in [6.07, 6.45) is 1.88. The molecule has 2 unspecified atom stereocenters. The van der Waals surface area contributed by atoms with Gasteiger partial charge < -0.3 is 14.8 Å². The van der Waals surface area contributed by atoms with E-state index in [0.717, 1.165) is 25.9 Å². The summed E-state index contributed by atoms with van der Waals surface area (Å²) in [5.41, 5.74) is 0. The third-order valence-corrected chi connectivity index (χ3v) is 4.79. The Balaban J connectivity index is 1.72. The van der Waals surface area contributed by atoms with Gasteiger partial charge in [-0.25, -0.2) is 13.1 Å². The first-order valence-electron chi connectivity index (χ1n) is 6.53. The summed E-state index contributed by atoms with van der Waals surface area (Å²) in [6.45, 7) is 3.70. The van der Waals surface area contributed by atoms with Gasteiger partial charge in [0.1, 0.15) is 0 Å². The molecule has 0 aromatic carbocycles. The first-order chi connectivity index (χ1) is 8.66. The number of hydrogen-bond acceptors (Lipinski definition) is 5. The Kier molecular flexibility index (Phi) is 5.38. The van der Waals surface area contributed by atoms with Crippen LogP contribution in [-0.2, 0) is 19.5 Å². The number of sulfonamides is 1. The van der Waals surface area contributed by atoms with Crippen LogP contribution in [0.15, 0.2) is 0 Å². The first-order valence-corrected chi connectivity index (χ1v) is 8.18. The lowest BCUT2D eigenvalue weighted by Gasteiger charge is -2.25. The zero-order chi connectivity index (χ0) is 12.8. The van der Waals surface area contributed by atoms with Gasteiger partial charge in [-0.1, -0.05) is 0 Å². The van der Waals surface area contributed by atoms with Crippen LogP contribution < -0.4 is 10.0 Å². The smallest absolute Gasteiger partial charge is 0.212 e. The molecule has 18 heavy (non-hydrogen) atoms. The molecule has 0 spiro atoms. The van der Waals surface area contributed by atoms with E-state index in [1.54, 1.807) is 0 Å². The van der Waals surface area contributed by atoms with Gasteiger partial charge in [-0.05, 0) is 31.8 Å². The van der Waals surface area contributed by atoms with E-state index < -0.39 is 10.0 Å². The first kappa shape index (κ1) is 14.2. The van der Waals surface area contributed by atoms with Crippen LogP contribution >= 0.6 is 0 Å². The van der Waals surface area contributed by atoms with Crippen molar-refractivity contribution in [3.8, 4) is 0 Å². The molecule has 2 heterocycles. The van der Waals surface area contributed by atoms with Crippen molar-refractivity contribution < 1.29 is 17.9 Å². The topological polar surface area (TPSA) is 76.7 Å². The van der Waals surface area contributed by atoms with E-state index in [0.29, 0.717) is 26.4 Å². The Morgan fingerprint density at radius 3 is 2.89 bits per heavy atom. The van der Waals surface area contributed by atoms with Crippen molar-refractivity contribution >= 4 is 10.0 Å². The lowest BCUT2D eigenvalue weighted by molar-refractivity contribution is -0.0847. The van der Waals surface area contributed by atoms with Gasteiger partial charge in [0, 0.05) is 6.54 Å². The van der Waals surface area contributed by atoms with Gasteiger partial charge in [-0.3, -0.25) is 0 Å². The number of nitrogens with one attached hydrogen (secondary N) is 2. The van der Waals surface area contributed by atoms with Gasteiger partial charge in [0.25, 0.3) is 0 Å². The molecule has 7 heteroatoms. The zero-order valence-corrected chi connectivity index (χ0v) is 11.4. The fourth-order valence-corrected chi connectivity index (χ4v) is 3.77. The van der Waals surface area contributed by atoms with Gasteiger partial charge in [0.2, 0.25) is 10.0 Å². The molecule has 2 aliphatic rings. The molecule has 2 N–H and O–H groups in total. The van der Waals surface area contributed by atoms with E-state index >= 15 is 0 Å². The standard InChI is InChI=1S/C11H22N2O4S/c14-18(15,9-10-2-1-3-12-6-10)13-7-11-8-16-4-5-17-11/h10-13H,1-9H2. The van der Waals surface area contributed by atoms with Crippen LogP contribution in [0.1, 0.15) is 12.8 Å². The van der Waals surface area contributed by atoms with Crippen LogP contribution in [-0.4, -0.2) is 59.7 Å². The normalized spacial score (nSPS) is 30.2. The highest BCUT2D eigenvalue weighted by molar-refractivity contribution is 7.89. The minimum absolute atomic E-state index is 0.155. The van der Waals surface area contributed by atoms with Crippen LogP contribution in [0.25, 0.3) is 0 Å². The van der Waals surface area contributed by atoms with Crippen molar-refractivity contribution in [2.75, 3.05) is 45.2 Å². The van der Waals surface area contributed by atoms with Crippen molar-refractivity contribution in [1.82, 2.24) is 10.0 Å². The van der Waals surface area contributed by atoms with Crippen molar-refractivity contribution in [3.63, 3.8) is 0 Å². The van der Waals surface area contributed by atoms with Gasteiger partial charge in [-0.15, -0.1) is 0 Å². The molecule has 0 saturated carbocycles. The van der Waals surface area contributed by atoms with Crippen LogP contribution in [0.4, 0.5) is 0 Å². The van der Waals surface area contributed by atoms with Crippen LogP contribution in [0.5, 0.6) is 0 Å². The van der Waals surface area contributed by atoms with Crippen molar-refractivity contribution in [2.45, 2.75) is 18.9 Å². The molecule has 0 aromatic heterocycles. The summed E-state index contributed by atoms with van der Waals surface area (Å²) in [5, 5.41) is 3.23. The maximum Gasteiger partial charge on any atom is 0.212 e. The molecule has 6 nitrogen and oxygen atoms in total.